The number of halogens is 3. The van der Waals surface area contributed by atoms with Gasteiger partial charge in [0.05, 0.1) is 0 Å². The SMILES string of the molecule is NC12CC3C[C@H](C1)C(O)(C(F)(F)F)[C@H](C3)C2. The molecule has 0 unspecified atom stereocenters. The smallest absolute Gasteiger partial charge is 0.380 e. The molecule has 0 aliphatic heterocycles. The molecule has 0 saturated heterocycles. The molecule has 2 nitrogen and oxygen atoms in total. The van der Waals surface area contributed by atoms with Gasteiger partial charge >= 0.3 is 6.18 Å². The van der Waals surface area contributed by atoms with E-state index in [1.807, 2.05) is 0 Å². The molecule has 5 heteroatoms. The standard InChI is InChI=1S/C11H16F3NO/c12-11(13,14)10(16)7-1-6-2-8(10)5-9(15,3-6)4-7/h6-8,16H,1-5,15H2/t6?,7-,8-,9?,10?/m1/s1. The highest BCUT2D eigenvalue weighted by molar-refractivity contribution is 5.16. The Morgan fingerprint density at radius 2 is 1.56 bits per heavy atom. The fraction of sp³-hybridized carbons (Fsp3) is 1.00. The van der Waals surface area contributed by atoms with E-state index in [9.17, 15) is 18.3 Å². The summed E-state index contributed by atoms with van der Waals surface area (Å²) in [6.07, 6.45) is -2.02. The number of rotatable bonds is 0. The van der Waals surface area contributed by atoms with E-state index in [4.69, 9.17) is 5.73 Å². The van der Waals surface area contributed by atoms with E-state index in [1.54, 1.807) is 0 Å². The first kappa shape index (κ1) is 10.8. The van der Waals surface area contributed by atoms with Crippen LogP contribution in [0.4, 0.5) is 13.2 Å². The van der Waals surface area contributed by atoms with Gasteiger partial charge in [0, 0.05) is 5.54 Å². The van der Waals surface area contributed by atoms with Gasteiger partial charge in [0.15, 0.2) is 5.60 Å². The second-order valence-corrected chi connectivity index (χ2v) is 6.03. The van der Waals surface area contributed by atoms with Crippen molar-refractivity contribution >= 4 is 0 Å². The first-order chi connectivity index (χ1) is 7.25. The Bertz CT molecular complexity index is 312. The maximum atomic E-state index is 13.0. The molecular weight excluding hydrogens is 219 g/mol. The third-order valence-electron chi connectivity index (χ3n) is 4.94. The summed E-state index contributed by atoms with van der Waals surface area (Å²) in [6.45, 7) is 0. The number of alkyl halides is 3. The zero-order chi connectivity index (χ0) is 11.8. The average molecular weight is 235 g/mol. The Labute approximate surface area is 92.0 Å². The van der Waals surface area contributed by atoms with Crippen LogP contribution in [0.1, 0.15) is 32.1 Å². The molecule has 0 aromatic rings. The van der Waals surface area contributed by atoms with Gasteiger partial charge in [-0.3, -0.25) is 0 Å². The van der Waals surface area contributed by atoms with Crippen LogP contribution in [0, 0.1) is 17.8 Å². The van der Waals surface area contributed by atoms with Crippen LogP contribution in [0.3, 0.4) is 0 Å². The van der Waals surface area contributed by atoms with Gasteiger partial charge in [-0.2, -0.15) is 13.2 Å². The summed E-state index contributed by atoms with van der Waals surface area (Å²) in [5.41, 5.74) is 3.20. The lowest BCUT2D eigenvalue weighted by molar-refractivity contribution is -0.333. The molecule has 0 aromatic carbocycles. The van der Waals surface area contributed by atoms with E-state index in [-0.39, 0.29) is 0 Å². The van der Waals surface area contributed by atoms with Crippen molar-refractivity contribution in [1.29, 1.82) is 0 Å². The minimum Gasteiger partial charge on any atom is -0.380 e. The molecule has 2 atom stereocenters. The Hall–Kier alpha value is -0.290. The second kappa shape index (κ2) is 2.75. The molecule has 0 amide bonds. The minimum absolute atomic E-state index is 0.296. The van der Waals surface area contributed by atoms with Gasteiger partial charge < -0.3 is 10.8 Å². The van der Waals surface area contributed by atoms with E-state index in [1.165, 1.54) is 0 Å². The Morgan fingerprint density at radius 1 is 1.06 bits per heavy atom. The second-order valence-electron chi connectivity index (χ2n) is 6.03. The molecule has 4 saturated carbocycles. The van der Waals surface area contributed by atoms with Gasteiger partial charge in [-0.05, 0) is 49.9 Å². The van der Waals surface area contributed by atoms with Crippen molar-refractivity contribution in [2.24, 2.45) is 23.5 Å². The molecule has 0 radical (unpaired) electrons. The van der Waals surface area contributed by atoms with E-state index in [0.717, 1.165) is 6.42 Å². The van der Waals surface area contributed by atoms with Crippen LogP contribution in [-0.2, 0) is 0 Å². The maximum absolute atomic E-state index is 13.0. The van der Waals surface area contributed by atoms with E-state index in [2.05, 4.69) is 0 Å². The van der Waals surface area contributed by atoms with E-state index in [0.29, 0.717) is 31.6 Å². The molecule has 92 valence electrons. The minimum atomic E-state index is -4.51. The molecule has 4 bridgehead atoms. The van der Waals surface area contributed by atoms with Gasteiger partial charge in [0.2, 0.25) is 0 Å². The summed E-state index contributed by atoms with van der Waals surface area (Å²) in [5.74, 6) is -1.06. The molecule has 0 heterocycles. The van der Waals surface area contributed by atoms with Crippen molar-refractivity contribution in [3.63, 3.8) is 0 Å². The molecule has 16 heavy (non-hydrogen) atoms. The summed E-state index contributed by atoms with van der Waals surface area (Å²) < 4.78 is 39.1. The molecule has 4 aliphatic carbocycles. The van der Waals surface area contributed by atoms with Crippen LogP contribution in [0.2, 0.25) is 0 Å². The van der Waals surface area contributed by atoms with Crippen molar-refractivity contribution in [2.75, 3.05) is 0 Å². The van der Waals surface area contributed by atoms with Crippen LogP contribution in [0.25, 0.3) is 0 Å². The van der Waals surface area contributed by atoms with Gasteiger partial charge in [-0.25, -0.2) is 0 Å². The fourth-order valence-electron chi connectivity index (χ4n) is 4.51. The van der Waals surface area contributed by atoms with Crippen molar-refractivity contribution < 1.29 is 18.3 Å². The van der Waals surface area contributed by atoms with Crippen LogP contribution >= 0.6 is 0 Å². The van der Waals surface area contributed by atoms with Crippen LogP contribution in [-0.4, -0.2) is 22.4 Å². The Balaban J connectivity index is 2.00. The lowest BCUT2D eigenvalue weighted by Crippen LogP contribution is -2.70. The quantitative estimate of drug-likeness (QED) is 0.672. The highest BCUT2D eigenvalue weighted by atomic mass is 19.4. The molecule has 3 N–H and O–H groups in total. The zero-order valence-corrected chi connectivity index (χ0v) is 8.93. The molecule has 4 rings (SSSR count). The molecule has 4 fully saturated rings. The summed E-state index contributed by atoms with van der Waals surface area (Å²) in [5, 5.41) is 10.1. The third-order valence-corrected chi connectivity index (χ3v) is 4.94. The summed E-state index contributed by atoms with van der Waals surface area (Å²) in [4.78, 5) is 0. The number of aliphatic hydroxyl groups is 1. The first-order valence-electron chi connectivity index (χ1n) is 5.82. The highest BCUT2D eigenvalue weighted by Gasteiger charge is 2.70. The molecular formula is C11H16F3NO. The van der Waals surface area contributed by atoms with Gasteiger partial charge in [-0.15, -0.1) is 0 Å². The van der Waals surface area contributed by atoms with Gasteiger partial charge in [-0.1, -0.05) is 0 Å². The van der Waals surface area contributed by atoms with Gasteiger partial charge in [0.1, 0.15) is 0 Å². The van der Waals surface area contributed by atoms with Crippen molar-refractivity contribution in [3.05, 3.63) is 0 Å². The lowest BCUT2D eigenvalue weighted by Gasteiger charge is -2.62. The lowest BCUT2D eigenvalue weighted by atomic mass is 9.47. The first-order valence-corrected chi connectivity index (χ1v) is 5.82. The normalized spacial score (nSPS) is 55.7. The van der Waals surface area contributed by atoms with E-state index < -0.39 is 29.2 Å². The zero-order valence-electron chi connectivity index (χ0n) is 8.93. The fourth-order valence-corrected chi connectivity index (χ4v) is 4.51. The predicted molar refractivity (Wildman–Crippen MR) is 51.5 cm³/mol. The maximum Gasteiger partial charge on any atom is 0.417 e. The predicted octanol–water partition coefficient (Wildman–Crippen LogP) is 1.82. The number of hydrogen-bond donors (Lipinski definition) is 2. The summed E-state index contributed by atoms with van der Waals surface area (Å²) in [6, 6.07) is 0. The average Bonchev–Trinajstić information content (AvgIpc) is 2.09. The van der Waals surface area contributed by atoms with E-state index >= 15 is 0 Å². The van der Waals surface area contributed by atoms with Gasteiger partial charge in [0.25, 0.3) is 0 Å². The summed E-state index contributed by atoms with van der Waals surface area (Å²) in [7, 11) is 0. The third kappa shape index (κ3) is 1.16. The van der Waals surface area contributed by atoms with Crippen molar-refractivity contribution in [3.8, 4) is 0 Å². The molecule has 4 aliphatic rings. The van der Waals surface area contributed by atoms with Crippen LogP contribution < -0.4 is 5.73 Å². The molecule has 0 spiro atoms. The van der Waals surface area contributed by atoms with Crippen LogP contribution in [0.5, 0.6) is 0 Å². The Morgan fingerprint density at radius 3 is 1.94 bits per heavy atom. The van der Waals surface area contributed by atoms with Crippen molar-refractivity contribution in [2.45, 2.75) is 49.4 Å². The highest BCUT2D eigenvalue weighted by Crippen LogP contribution is 2.62. The topological polar surface area (TPSA) is 46.2 Å². The summed E-state index contributed by atoms with van der Waals surface area (Å²) >= 11 is 0. The van der Waals surface area contributed by atoms with Crippen LogP contribution in [0.15, 0.2) is 0 Å². The largest absolute Gasteiger partial charge is 0.417 e. The monoisotopic (exact) mass is 235 g/mol. The van der Waals surface area contributed by atoms with Crippen molar-refractivity contribution in [1.82, 2.24) is 0 Å². The molecule has 0 aromatic heterocycles. The Kier molecular flexibility index (Phi) is 1.86. The number of nitrogens with two attached hydrogens (primary N) is 1. The number of hydrogen-bond acceptors (Lipinski definition) is 2.